The molecular weight excluding hydrogens is 382 g/mol. The summed E-state index contributed by atoms with van der Waals surface area (Å²) in [5, 5.41) is 6.82. The van der Waals surface area contributed by atoms with Gasteiger partial charge in [-0.25, -0.2) is 4.98 Å². The molecule has 3 aromatic heterocycles. The van der Waals surface area contributed by atoms with Crippen LogP contribution in [0.15, 0.2) is 75.9 Å². The molecule has 5 aromatic rings. The second-order valence-corrected chi connectivity index (χ2v) is 6.69. The van der Waals surface area contributed by atoms with Gasteiger partial charge in [0.2, 0.25) is 17.6 Å². The van der Waals surface area contributed by atoms with Crippen molar-refractivity contribution in [2.24, 2.45) is 0 Å². The Balaban J connectivity index is 1.28. The Hall–Kier alpha value is -4.20. The van der Waals surface area contributed by atoms with E-state index in [4.69, 9.17) is 8.94 Å². The number of aromatic amines is 1. The molecule has 0 aliphatic rings. The minimum atomic E-state index is -0.156. The second-order valence-electron chi connectivity index (χ2n) is 6.69. The Labute approximate surface area is 170 Å². The van der Waals surface area contributed by atoms with E-state index in [1.54, 1.807) is 12.1 Å². The van der Waals surface area contributed by atoms with Crippen molar-refractivity contribution in [3.63, 3.8) is 0 Å². The molecule has 0 saturated carbocycles. The van der Waals surface area contributed by atoms with E-state index in [2.05, 4.69) is 25.4 Å². The lowest BCUT2D eigenvalue weighted by molar-refractivity contribution is -0.116. The number of nitrogens with zero attached hydrogens (tertiary/aromatic N) is 3. The Morgan fingerprint density at radius 3 is 2.73 bits per heavy atom. The lowest BCUT2D eigenvalue weighted by atomic mass is 10.1. The first kappa shape index (κ1) is 17.9. The molecule has 0 spiro atoms. The van der Waals surface area contributed by atoms with Crippen molar-refractivity contribution in [2.45, 2.75) is 12.8 Å². The number of hydrogen-bond donors (Lipinski definition) is 2. The Kier molecular flexibility index (Phi) is 4.57. The summed E-state index contributed by atoms with van der Waals surface area (Å²) in [6, 6.07) is 18.8. The standard InChI is InChI=1S/C22H17N5O3/c28-19(11-12-20-26-22(27-30-20)18-10-5-13-29-18)23-15-7-2-1-6-14(15)21-24-16-8-3-4-9-17(16)25-21/h1-10,13H,11-12H2,(H,23,28)(H,24,25). The van der Waals surface area contributed by atoms with Crippen LogP contribution in [0.4, 0.5) is 5.69 Å². The van der Waals surface area contributed by atoms with E-state index >= 15 is 0 Å². The van der Waals surface area contributed by atoms with Gasteiger partial charge in [-0.2, -0.15) is 4.98 Å². The van der Waals surface area contributed by atoms with Crippen LogP contribution in [0.2, 0.25) is 0 Å². The molecule has 8 heteroatoms. The fourth-order valence-corrected chi connectivity index (χ4v) is 3.17. The largest absolute Gasteiger partial charge is 0.461 e. The summed E-state index contributed by atoms with van der Waals surface area (Å²) in [5.74, 6) is 1.81. The first-order chi connectivity index (χ1) is 14.8. The number of hydrogen-bond acceptors (Lipinski definition) is 6. The summed E-state index contributed by atoms with van der Waals surface area (Å²) in [6.45, 7) is 0. The Morgan fingerprint density at radius 2 is 1.87 bits per heavy atom. The predicted octanol–water partition coefficient (Wildman–Crippen LogP) is 4.44. The third-order valence-electron chi connectivity index (χ3n) is 4.62. The fourth-order valence-electron chi connectivity index (χ4n) is 3.17. The van der Waals surface area contributed by atoms with Gasteiger partial charge in [0.25, 0.3) is 0 Å². The van der Waals surface area contributed by atoms with Crippen molar-refractivity contribution in [3.8, 4) is 23.0 Å². The predicted molar refractivity (Wildman–Crippen MR) is 110 cm³/mol. The van der Waals surface area contributed by atoms with E-state index in [-0.39, 0.29) is 12.3 Å². The molecule has 30 heavy (non-hydrogen) atoms. The van der Waals surface area contributed by atoms with Crippen molar-refractivity contribution in [1.29, 1.82) is 0 Å². The summed E-state index contributed by atoms with van der Waals surface area (Å²) in [5.41, 5.74) is 3.32. The molecule has 0 saturated heterocycles. The highest BCUT2D eigenvalue weighted by atomic mass is 16.5. The number of H-pyrrole nitrogens is 1. The summed E-state index contributed by atoms with van der Waals surface area (Å²) in [6.07, 6.45) is 2.07. The van der Waals surface area contributed by atoms with Crippen LogP contribution >= 0.6 is 0 Å². The van der Waals surface area contributed by atoms with Crippen LogP contribution in [-0.4, -0.2) is 26.0 Å². The molecule has 0 atom stereocenters. The van der Waals surface area contributed by atoms with Gasteiger partial charge < -0.3 is 19.2 Å². The van der Waals surface area contributed by atoms with Gasteiger partial charge >= 0.3 is 0 Å². The van der Waals surface area contributed by atoms with Gasteiger partial charge in [0.1, 0.15) is 5.82 Å². The topological polar surface area (TPSA) is 110 Å². The molecule has 0 bridgehead atoms. The quantitative estimate of drug-likeness (QED) is 0.437. The van der Waals surface area contributed by atoms with Gasteiger partial charge in [0, 0.05) is 18.4 Å². The minimum Gasteiger partial charge on any atom is -0.461 e. The second kappa shape index (κ2) is 7.67. The smallest absolute Gasteiger partial charge is 0.238 e. The number of imidazole rings is 1. The van der Waals surface area contributed by atoms with Crippen molar-refractivity contribution in [1.82, 2.24) is 20.1 Å². The molecule has 2 N–H and O–H groups in total. The highest BCUT2D eigenvalue weighted by Crippen LogP contribution is 2.27. The third-order valence-corrected chi connectivity index (χ3v) is 4.62. The zero-order valence-electron chi connectivity index (χ0n) is 15.8. The first-order valence-electron chi connectivity index (χ1n) is 9.47. The average molecular weight is 399 g/mol. The lowest BCUT2D eigenvalue weighted by Gasteiger charge is -2.09. The molecule has 5 rings (SSSR count). The number of anilines is 1. The van der Waals surface area contributed by atoms with Gasteiger partial charge in [0.05, 0.1) is 23.0 Å². The number of rotatable bonds is 6. The first-order valence-corrected chi connectivity index (χ1v) is 9.47. The van der Waals surface area contributed by atoms with Crippen molar-refractivity contribution >= 4 is 22.6 Å². The molecular formula is C22H17N5O3. The van der Waals surface area contributed by atoms with Gasteiger partial charge in [-0.05, 0) is 36.4 Å². The number of fused-ring (bicyclic) bond motifs is 1. The summed E-state index contributed by atoms with van der Waals surface area (Å²) in [4.78, 5) is 24.7. The number of amides is 1. The maximum atomic E-state index is 12.5. The van der Waals surface area contributed by atoms with Crippen LogP contribution in [0.25, 0.3) is 34.0 Å². The SMILES string of the molecule is O=C(CCc1nc(-c2ccco2)no1)Nc1ccccc1-c1nc2ccccc2[nH]1. The van der Waals surface area contributed by atoms with Gasteiger partial charge in [-0.3, -0.25) is 4.79 Å². The number of aryl methyl sites for hydroxylation is 1. The molecule has 1 amide bonds. The molecule has 0 unspecified atom stereocenters. The normalized spacial score (nSPS) is 11.1. The number of benzene rings is 2. The van der Waals surface area contributed by atoms with Crippen LogP contribution in [0, 0.1) is 0 Å². The number of aromatic nitrogens is 4. The van der Waals surface area contributed by atoms with Crippen molar-refractivity contribution in [3.05, 3.63) is 72.8 Å². The van der Waals surface area contributed by atoms with Crippen LogP contribution in [-0.2, 0) is 11.2 Å². The fraction of sp³-hybridized carbons (Fsp3) is 0.0909. The van der Waals surface area contributed by atoms with E-state index in [1.165, 1.54) is 6.26 Å². The summed E-state index contributed by atoms with van der Waals surface area (Å²) >= 11 is 0. The molecule has 0 fully saturated rings. The average Bonchev–Trinajstić information content (AvgIpc) is 3.52. The highest BCUT2D eigenvalue weighted by Gasteiger charge is 2.14. The minimum absolute atomic E-state index is 0.156. The van der Waals surface area contributed by atoms with E-state index in [1.807, 2.05) is 48.5 Å². The Morgan fingerprint density at radius 1 is 1.00 bits per heavy atom. The highest BCUT2D eigenvalue weighted by molar-refractivity contribution is 5.95. The van der Waals surface area contributed by atoms with Crippen LogP contribution in [0.3, 0.4) is 0 Å². The number of carbonyl (C=O) groups is 1. The van der Waals surface area contributed by atoms with E-state index < -0.39 is 0 Å². The maximum absolute atomic E-state index is 12.5. The number of para-hydroxylation sites is 3. The zero-order valence-corrected chi connectivity index (χ0v) is 15.8. The Bertz CT molecular complexity index is 1270. The molecule has 3 heterocycles. The molecule has 0 aliphatic heterocycles. The summed E-state index contributed by atoms with van der Waals surface area (Å²) in [7, 11) is 0. The molecule has 0 radical (unpaired) electrons. The van der Waals surface area contributed by atoms with Crippen molar-refractivity contribution < 1.29 is 13.7 Å². The maximum Gasteiger partial charge on any atom is 0.238 e. The molecule has 2 aromatic carbocycles. The van der Waals surface area contributed by atoms with Gasteiger partial charge in [-0.15, -0.1) is 0 Å². The third kappa shape index (κ3) is 3.58. The summed E-state index contributed by atoms with van der Waals surface area (Å²) < 4.78 is 10.4. The van der Waals surface area contributed by atoms with Crippen LogP contribution < -0.4 is 5.32 Å². The number of carbonyl (C=O) groups excluding carboxylic acids is 1. The van der Waals surface area contributed by atoms with Crippen LogP contribution in [0.5, 0.6) is 0 Å². The van der Waals surface area contributed by atoms with E-state index in [0.717, 1.165) is 16.6 Å². The number of furan rings is 1. The lowest BCUT2D eigenvalue weighted by Crippen LogP contribution is -2.13. The monoisotopic (exact) mass is 399 g/mol. The van der Waals surface area contributed by atoms with E-state index in [9.17, 15) is 4.79 Å². The molecule has 148 valence electrons. The molecule has 0 aliphatic carbocycles. The van der Waals surface area contributed by atoms with Gasteiger partial charge in [-0.1, -0.05) is 29.4 Å². The zero-order chi connectivity index (χ0) is 20.3. The van der Waals surface area contributed by atoms with Crippen LogP contribution in [0.1, 0.15) is 12.3 Å². The number of nitrogens with one attached hydrogen (secondary N) is 2. The van der Waals surface area contributed by atoms with E-state index in [0.29, 0.717) is 35.4 Å². The van der Waals surface area contributed by atoms with Gasteiger partial charge in [0.15, 0.2) is 5.76 Å². The van der Waals surface area contributed by atoms with Crippen molar-refractivity contribution in [2.75, 3.05) is 5.32 Å². The molecule has 8 nitrogen and oxygen atoms in total.